The van der Waals surface area contributed by atoms with E-state index in [1.807, 2.05) is 63.2 Å². The third-order valence-electron chi connectivity index (χ3n) is 8.63. The maximum Gasteiger partial charge on any atom is 0.462 e. The highest BCUT2D eigenvalue weighted by atomic mass is 16.7. The van der Waals surface area contributed by atoms with Crippen LogP contribution in [0.15, 0.2) is 42.5 Å². The van der Waals surface area contributed by atoms with Gasteiger partial charge in [0.25, 0.3) is 0 Å². The molecule has 1 heterocycles. The van der Waals surface area contributed by atoms with Crippen molar-refractivity contribution in [3.8, 4) is 11.5 Å². The standard InChI is InChI=1S/C30H39BO6/c1-28(2,3)35-27(32)25-22(34-18-19-11-9-8-10-12-19)14-13-20(26(25)33-7)17-31-36-24-16-21-15-23(29(21,4)5)30(24,6)37-31/h8-14,21,23-24H,15-18H2,1-7H3/t21-,23-,24+,30-/m0/s1. The van der Waals surface area contributed by atoms with Gasteiger partial charge in [0.2, 0.25) is 0 Å². The Morgan fingerprint density at radius 1 is 1.08 bits per heavy atom. The zero-order valence-electron chi connectivity index (χ0n) is 23.1. The zero-order valence-corrected chi connectivity index (χ0v) is 23.1. The smallest absolute Gasteiger partial charge is 0.462 e. The minimum absolute atomic E-state index is 0.0964. The van der Waals surface area contributed by atoms with Gasteiger partial charge in [-0.25, -0.2) is 4.79 Å². The Morgan fingerprint density at radius 2 is 1.81 bits per heavy atom. The van der Waals surface area contributed by atoms with E-state index in [1.54, 1.807) is 7.11 Å². The summed E-state index contributed by atoms with van der Waals surface area (Å²) >= 11 is 0. The normalized spacial score (nSPS) is 27.8. The van der Waals surface area contributed by atoms with Gasteiger partial charge in [-0.3, -0.25) is 0 Å². The van der Waals surface area contributed by atoms with Crippen molar-refractivity contribution in [1.82, 2.24) is 0 Å². The highest BCUT2D eigenvalue weighted by Crippen LogP contribution is 2.65. The zero-order chi connectivity index (χ0) is 26.6. The van der Waals surface area contributed by atoms with Gasteiger partial charge in [0.05, 0.1) is 18.8 Å². The van der Waals surface area contributed by atoms with Gasteiger partial charge in [-0.1, -0.05) is 50.2 Å². The lowest BCUT2D eigenvalue weighted by Crippen LogP contribution is -2.65. The van der Waals surface area contributed by atoms with E-state index in [4.69, 9.17) is 23.5 Å². The second-order valence-corrected chi connectivity index (χ2v) is 12.5. The first-order valence-corrected chi connectivity index (χ1v) is 13.4. The molecule has 3 saturated carbocycles. The number of benzene rings is 2. The highest BCUT2D eigenvalue weighted by Gasteiger charge is 2.67. The molecule has 6 nitrogen and oxygen atoms in total. The van der Waals surface area contributed by atoms with Crippen LogP contribution in [-0.2, 0) is 27.0 Å². The minimum Gasteiger partial charge on any atom is -0.495 e. The number of carbonyl (C=O) groups excluding carboxylic acids is 1. The van der Waals surface area contributed by atoms with Gasteiger partial charge in [0.1, 0.15) is 29.3 Å². The summed E-state index contributed by atoms with van der Waals surface area (Å²) < 4.78 is 30.8. The topological polar surface area (TPSA) is 63.2 Å². The average molecular weight is 506 g/mol. The van der Waals surface area contributed by atoms with Crippen molar-refractivity contribution in [3.05, 3.63) is 59.2 Å². The van der Waals surface area contributed by atoms with E-state index in [0.29, 0.717) is 36.3 Å². The summed E-state index contributed by atoms with van der Waals surface area (Å²) in [6, 6.07) is 13.6. The van der Waals surface area contributed by atoms with Crippen molar-refractivity contribution in [2.45, 2.75) is 84.6 Å². The first-order chi connectivity index (χ1) is 17.4. The third-order valence-corrected chi connectivity index (χ3v) is 8.63. The predicted octanol–water partition coefficient (Wildman–Crippen LogP) is 6.04. The molecule has 198 valence electrons. The molecular formula is C30H39BO6. The van der Waals surface area contributed by atoms with Crippen LogP contribution in [0.5, 0.6) is 11.5 Å². The Morgan fingerprint density at radius 3 is 2.46 bits per heavy atom. The second kappa shape index (κ2) is 9.35. The van der Waals surface area contributed by atoms with Crippen LogP contribution in [0.1, 0.15) is 75.9 Å². The van der Waals surface area contributed by atoms with E-state index in [0.717, 1.165) is 17.5 Å². The molecule has 2 aromatic rings. The molecule has 2 bridgehead atoms. The molecule has 4 aliphatic rings. The molecule has 4 fully saturated rings. The Balaban J connectivity index is 1.42. The summed E-state index contributed by atoms with van der Waals surface area (Å²) in [6.07, 6.45) is 2.81. The van der Waals surface area contributed by atoms with Crippen LogP contribution in [-0.4, -0.2) is 37.5 Å². The third kappa shape index (κ3) is 4.77. The molecule has 0 aromatic heterocycles. The van der Waals surface area contributed by atoms with Gasteiger partial charge in [0, 0.05) is 6.32 Å². The van der Waals surface area contributed by atoms with Crippen LogP contribution in [0.25, 0.3) is 0 Å². The SMILES string of the molecule is COc1c(CB2O[C@@H]3C[C@@H]4C[C@@H](C4(C)C)[C@]3(C)O2)ccc(OCc2ccccc2)c1C(=O)OC(C)(C)C. The molecule has 6 rings (SSSR count). The molecule has 0 radical (unpaired) electrons. The molecule has 0 spiro atoms. The number of rotatable bonds is 7. The van der Waals surface area contributed by atoms with Crippen LogP contribution >= 0.6 is 0 Å². The molecule has 0 unspecified atom stereocenters. The van der Waals surface area contributed by atoms with Gasteiger partial charge < -0.3 is 23.5 Å². The number of esters is 1. The molecule has 0 N–H and O–H groups in total. The summed E-state index contributed by atoms with van der Waals surface area (Å²) in [4.78, 5) is 13.4. The van der Waals surface area contributed by atoms with Crippen molar-refractivity contribution < 1.29 is 28.3 Å². The van der Waals surface area contributed by atoms with Crippen molar-refractivity contribution >= 4 is 13.1 Å². The Hall–Kier alpha value is -2.51. The van der Waals surface area contributed by atoms with E-state index in [9.17, 15) is 4.79 Å². The Bertz CT molecular complexity index is 1160. The van der Waals surface area contributed by atoms with Crippen molar-refractivity contribution in [2.24, 2.45) is 17.3 Å². The summed E-state index contributed by atoms with van der Waals surface area (Å²) in [5.74, 6) is 1.56. The molecule has 37 heavy (non-hydrogen) atoms. The summed E-state index contributed by atoms with van der Waals surface area (Å²) in [5, 5.41) is 0. The lowest BCUT2D eigenvalue weighted by molar-refractivity contribution is -0.199. The van der Waals surface area contributed by atoms with Crippen molar-refractivity contribution in [3.63, 3.8) is 0 Å². The molecule has 7 heteroatoms. The lowest BCUT2D eigenvalue weighted by atomic mass is 9.43. The number of ether oxygens (including phenoxy) is 3. The first-order valence-electron chi connectivity index (χ1n) is 13.4. The quantitative estimate of drug-likeness (QED) is 0.337. The maximum atomic E-state index is 13.4. The van der Waals surface area contributed by atoms with E-state index >= 15 is 0 Å². The summed E-state index contributed by atoms with van der Waals surface area (Å²) in [7, 11) is 1.17. The fourth-order valence-corrected chi connectivity index (χ4v) is 6.60. The van der Waals surface area contributed by atoms with Gasteiger partial charge in [-0.15, -0.1) is 0 Å². The Kier molecular flexibility index (Phi) is 6.60. The number of hydrogen-bond acceptors (Lipinski definition) is 6. The van der Waals surface area contributed by atoms with Gasteiger partial charge in [0.15, 0.2) is 0 Å². The van der Waals surface area contributed by atoms with E-state index in [-0.39, 0.29) is 22.7 Å². The van der Waals surface area contributed by atoms with Crippen molar-refractivity contribution in [2.75, 3.05) is 7.11 Å². The number of methoxy groups -OCH3 is 1. The second-order valence-electron chi connectivity index (χ2n) is 12.5. The maximum absolute atomic E-state index is 13.4. The van der Waals surface area contributed by atoms with Gasteiger partial charge in [-0.05, 0) is 75.0 Å². The molecule has 1 saturated heterocycles. The molecule has 3 aliphatic carbocycles. The summed E-state index contributed by atoms with van der Waals surface area (Å²) in [6.45, 7) is 12.8. The molecule has 0 amide bonds. The van der Waals surface area contributed by atoms with Crippen LogP contribution in [0.3, 0.4) is 0 Å². The van der Waals surface area contributed by atoms with E-state index < -0.39 is 18.7 Å². The fraction of sp³-hybridized carbons (Fsp3) is 0.567. The average Bonchev–Trinajstić information content (AvgIpc) is 3.17. The Labute approximate surface area is 221 Å². The number of hydrogen-bond donors (Lipinski definition) is 0. The lowest BCUT2D eigenvalue weighted by Gasteiger charge is -2.64. The van der Waals surface area contributed by atoms with Crippen molar-refractivity contribution in [1.29, 1.82) is 0 Å². The monoisotopic (exact) mass is 506 g/mol. The van der Waals surface area contributed by atoms with Crippen LogP contribution in [0.4, 0.5) is 0 Å². The number of carbonyl (C=O) groups is 1. The van der Waals surface area contributed by atoms with Gasteiger partial charge in [-0.2, -0.15) is 0 Å². The van der Waals surface area contributed by atoms with E-state index in [2.05, 4.69) is 20.8 Å². The molecular weight excluding hydrogens is 467 g/mol. The fourth-order valence-electron chi connectivity index (χ4n) is 6.60. The molecule has 2 aromatic carbocycles. The first kappa shape index (κ1) is 26.1. The van der Waals surface area contributed by atoms with Gasteiger partial charge >= 0.3 is 13.1 Å². The highest BCUT2D eigenvalue weighted by molar-refractivity contribution is 6.45. The summed E-state index contributed by atoms with van der Waals surface area (Å²) in [5.41, 5.74) is 1.45. The van der Waals surface area contributed by atoms with Crippen LogP contribution in [0.2, 0.25) is 0 Å². The minimum atomic E-state index is -0.662. The molecule has 1 aliphatic heterocycles. The van der Waals surface area contributed by atoms with E-state index in [1.165, 1.54) is 6.42 Å². The molecule has 4 atom stereocenters. The van der Waals surface area contributed by atoms with Crippen LogP contribution < -0.4 is 9.47 Å². The predicted molar refractivity (Wildman–Crippen MR) is 143 cm³/mol. The van der Waals surface area contributed by atoms with Crippen LogP contribution in [0, 0.1) is 17.3 Å². The largest absolute Gasteiger partial charge is 0.495 e.